The number of nitrogens with zero attached hydrogens (tertiary/aromatic N) is 3. The summed E-state index contributed by atoms with van der Waals surface area (Å²) in [6, 6.07) is 9.10. The van der Waals surface area contributed by atoms with Crippen molar-refractivity contribution in [2.45, 2.75) is 5.22 Å². The van der Waals surface area contributed by atoms with E-state index < -0.39 is 0 Å². The molecule has 0 unspecified atom stereocenters. The summed E-state index contributed by atoms with van der Waals surface area (Å²) in [4.78, 5) is 16.2. The lowest BCUT2D eigenvalue weighted by Crippen LogP contribution is -2.15. The van der Waals surface area contributed by atoms with Crippen molar-refractivity contribution in [2.75, 3.05) is 18.2 Å². The quantitative estimate of drug-likeness (QED) is 0.502. The third-order valence-electron chi connectivity index (χ3n) is 3.12. The van der Waals surface area contributed by atoms with Gasteiger partial charge in [-0.1, -0.05) is 17.8 Å². The predicted molar refractivity (Wildman–Crippen MR) is 105 cm³/mol. The van der Waals surface area contributed by atoms with E-state index in [1.54, 1.807) is 25.4 Å². The molecule has 3 rings (SSSR count). The Morgan fingerprint density at radius 2 is 2.15 bits per heavy atom. The second-order valence-corrected chi connectivity index (χ2v) is 7.62. The Morgan fingerprint density at radius 3 is 2.92 bits per heavy atom. The molecule has 0 saturated heterocycles. The zero-order chi connectivity index (χ0) is 18.5. The number of amides is 1. The number of halogens is 2. The second kappa shape index (κ2) is 8.65. The number of carbonyl (C=O) groups is 1. The normalized spacial score (nSPS) is 10.6. The Bertz CT molecular complexity index is 935. The highest BCUT2D eigenvalue weighted by Gasteiger charge is 2.13. The molecule has 1 N–H and O–H groups in total. The maximum absolute atomic E-state index is 12.1. The minimum atomic E-state index is -0.230. The van der Waals surface area contributed by atoms with Crippen LogP contribution < -0.4 is 10.1 Å². The maximum Gasteiger partial charge on any atom is 0.277 e. The number of thioether (sulfide) groups is 1. The number of methoxy groups -OCH3 is 1. The largest absolute Gasteiger partial charge is 0.497 e. The van der Waals surface area contributed by atoms with Gasteiger partial charge in [0.15, 0.2) is 0 Å². The molecule has 134 valence electrons. The lowest BCUT2D eigenvalue weighted by molar-refractivity contribution is -0.113. The Kier molecular flexibility index (Phi) is 6.28. The third-order valence-corrected chi connectivity index (χ3v) is 4.97. The Balaban J connectivity index is 1.60. The fraction of sp³-hybridized carbons (Fsp3) is 0.125. The van der Waals surface area contributed by atoms with Crippen LogP contribution in [0.1, 0.15) is 0 Å². The van der Waals surface area contributed by atoms with Gasteiger partial charge in [-0.05, 0) is 56.1 Å². The van der Waals surface area contributed by atoms with Gasteiger partial charge in [0.25, 0.3) is 5.22 Å². The van der Waals surface area contributed by atoms with E-state index in [1.807, 2.05) is 18.2 Å². The second-order valence-electron chi connectivity index (χ2n) is 4.93. The molecule has 0 aliphatic carbocycles. The number of hydrogen-bond acceptors (Lipinski definition) is 7. The summed E-state index contributed by atoms with van der Waals surface area (Å²) in [6.07, 6.45) is 1.60. The molecule has 0 radical (unpaired) electrons. The molecular formula is C16H12Br2N4O3S. The van der Waals surface area contributed by atoms with Crippen LogP contribution in [0.3, 0.4) is 0 Å². The van der Waals surface area contributed by atoms with Crippen molar-refractivity contribution < 1.29 is 13.9 Å². The SMILES string of the molecule is COc1cccc(-c2nnc(SCC(=O)Nc3ncc(Br)cc3Br)o2)c1. The fourth-order valence-electron chi connectivity index (χ4n) is 1.94. The summed E-state index contributed by atoms with van der Waals surface area (Å²) in [5.41, 5.74) is 0.746. The van der Waals surface area contributed by atoms with Crippen molar-refractivity contribution in [2.24, 2.45) is 0 Å². The van der Waals surface area contributed by atoms with Crippen LogP contribution in [0.5, 0.6) is 5.75 Å². The standard InChI is InChI=1S/C16H12Br2N4O3S/c1-24-11-4-2-3-9(5-11)15-21-22-16(25-15)26-8-13(23)20-14-12(18)6-10(17)7-19-14/h2-7H,8H2,1H3,(H,19,20,23). The fourth-order valence-corrected chi connectivity index (χ4v) is 3.59. The van der Waals surface area contributed by atoms with Gasteiger partial charge in [-0.2, -0.15) is 0 Å². The molecule has 0 saturated carbocycles. The van der Waals surface area contributed by atoms with Crippen LogP contribution in [0.2, 0.25) is 0 Å². The molecule has 0 atom stereocenters. The van der Waals surface area contributed by atoms with Gasteiger partial charge in [0.2, 0.25) is 11.8 Å². The van der Waals surface area contributed by atoms with Crippen molar-refractivity contribution in [1.82, 2.24) is 15.2 Å². The van der Waals surface area contributed by atoms with E-state index in [9.17, 15) is 4.79 Å². The topological polar surface area (TPSA) is 90.1 Å². The lowest BCUT2D eigenvalue weighted by Gasteiger charge is -2.05. The van der Waals surface area contributed by atoms with Crippen molar-refractivity contribution >= 4 is 55.3 Å². The molecule has 0 spiro atoms. The van der Waals surface area contributed by atoms with E-state index in [0.717, 1.165) is 21.8 Å². The lowest BCUT2D eigenvalue weighted by atomic mass is 10.2. The van der Waals surface area contributed by atoms with E-state index in [4.69, 9.17) is 9.15 Å². The summed E-state index contributed by atoms with van der Waals surface area (Å²) in [5, 5.41) is 11.0. The van der Waals surface area contributed by atoms with Crippen LogP contribution in [0.15, 0.2) is 55.1 Å². The first-order chi connectivity index (χ1) is 12.5. The van der Waals surface area contributed by atoms with Crippen molar-refractivity contribution in [1.29, 1.82) is 0 Å². The zero-order valence-corrected chi connectivity index (χ0v) is 17.4. The van der Waals surface area contributed by atoms with Crippen molar-refractivity contribution in [3.05, 3.63) is 45.5 Å². The zero-order valence-electron chi connectivity index (χ0n) is 13.4. The van der Waals surface area contributed by atoms with Crippen LogP contribution in [-0.2, 0) is 4.79 Å². The summed E-state index contributed by atoms with van der Waals surface area (Å²) in [7, 11) is 1.59. The molecule has 0 fully saturated rings. The summed E-state index contributed by atoms with van der Waals surface area (Å²) < 4.78 is 12.3. The highest BCUT2D eigenvalue weighted by atomic mass is 79.9. The average molecular weight is 500 g/mol. The molecule has 2 heterocycles. The van der Waals surface area contributed by atoms with Gasteiger partial charge in [-0.25, -0.2) is 4.98 Å². The number of nitrogens with one attached hydrogen (secondary N) is 1. The smallest absolute Gasteiger partial charge is 0.277 e. The number of anilines is 1. The first kappa shape index (κ1) is 18.9. The van der Waals surface area contributed by atoms with Gasteiger partial charge in [0, 0.05) is 16.2 Å². The molecule has 1 aromatic carbocycles. The van der Waals surface area contributed by atoms with E-state index in [2.05, 4.69) is 52.4 Å². The molecule has 0 bridgehead atoms. The van der Waals surface area contributed by atoms with Crippen LogP contribution in [0, 0.1) is 0 Å². The third kappa shape index (κ3) is 4.83. The summed E-state index contributed by atoms with van der Waals surface area (Å²) in [6.45, 7) is 0. The molecule has 3 aromatic rings. The van der Waals surface area contributed by atoms with Crippen LogP contribution in [0.25, 0.3) is 11.5 Å². The molecule has 7 nitrogen and oxygen atoms in total. The number of carbonyl (C=O) groups excluding carboxylic acids is 1. The van der Waals surface area contributed by atoms with E-state index in [-0.39, 0.29) is 11.7 Å². The highest BCUT2D eigenvalue weighted by Crippen LogP contribution is 2.27. The minimum Gasteiger partial charge on any atom is -0.497 e. The van der Waals surface area contributed by atoms with Crippen LogP contribution in [-0.4, -0.2) is 34.0 Å². The Morgan fingerprint density at radius 1 is 1.31 bits per heavy atom. The summed E-state index contributed by atoms with van der Waals surface area (Å²) >= 11 is 7.80. The average Bonchev–Trinajstić information content (AvgIpc) is 3.11. The van der Waals surface area contributed by atoms with E-state index in [0.29, 0.717) is 27.2 Å². The minimum absolute atomic E-state index is 0.115. The van der Waals surface area contributed by atoms with Crippen LogP contribution in [0.4, 0.5) is 5.82 Å². The van der Waals surface area contributed by atoms with Crippen molar-refractivity contribution in [3.8, 4) is 17.2 Å². The molecule has 26 heavy (non-hydrogen) atoms. The monoisotopic (exact) mass is 498 g/mol. The molecule has 2 aromatic heterocycles. The predicted octanol–water partition coefficient (Wildman–Crippen LogP) is 4.40. The molecule has 1 amide bonds. The first-order valence-electron chi connectivity index (χ1n) is 7.27. The number of aromatic nitrogens is 3. The van der Waals surface area contributed by atoms with Gasteiger partial charge in [-0.15, -0.1) is 10.2 Å². The van der Waals surface area contributed by atoms with Gasteiger partial charge in [0.05, 0.1) is 17.3 Å². The van der Waals surface area contributed by atoms with Gasteiger partial charge in [-0.3, -0.25) is 4.79 Å². The summed E-state index contributed by atoms with van der Waals surface area (Å²) in [5.74, 6) is 1.39. The van der Waals surface area contributed by atoms with Crippen LogP contribution >= 0.6 is 43.6 Å². The van der Waals surface area contributed by atoms with E-state index >= 15 is 0 Å². The Hall–Kier alpha value is -1.91. The number of hydrogen-bond donors (Lipinski definition) is 1. The molecular weight excluding hydrogens is 488 g/mol. The van der Waals surface area contributed by atoms with E-state index in [1.165, 1.54) is 0 Å². The molecule has 10 heteroatoms. The van der Waals surface area contributed by atoms with Gasteiger partial charge >= 0.3 is 0 Å². The number of pyridine rings is 1. The highest BCUT2D eigenvalue weighted by molar-refractivity contribution is 9.11. The molecule has 0 aliphatic heterocycles. The molecule has 0 aliphatic rings. The van der Waals surface area contributed by atoms with Gasteiger partial charge in [0.1, 0.15) is 11.6 Å². The Labute approximate surface area is 170 Å². The first-order valence-corrected chi connectivity index (χ1v) is 9.84. The van der Waals surface area contributed by atoms with Gasteiger partial charge < -0.3 is 14.5 Å². The maximum atomic E-state index is 12.1. The number of benzene rings is 1. The van der Waals surface area contributed by atoms with Crippen molar-refractivity contribution in [3.63, 3.8) is 0 Å². The number of rotatable bonds is 6. The number of ether oxygens (including phenoxy) is 1.